The van der Waals surface area contributed by atoms with Crippen LogP contribution in [0.15, 0.2) is 23.3 Å². The predicted octanol–water partition coefficient (Wildman–Crippen LogP) is 1.72. The Labute approximate surface area is 117 Å². The molecule has 2 bridgehead atoms. The van der Waals surface area contributed by atoms with Crippen molar-refractivity contribution in [2.75, 3.05) is 14.2 Å². The van der Waals surface area contributed by atoms with E-state index in [0.717, 1.165) is 12.8 Å². The molecule has 4 heteroatoms. The van der Waals surface area contributed by atoms with E-state index in [4.69, 9.17) is 9.47 Å². The molecule has 0 radical (unpaired) electrons. The van der Waals surface area contributed by atoms with E-state index in [1.165, 1.54) is 14.2 Å². The second kappa shape index (κ2) is 3.96. The van der Waals surface area contributed by atoms with Gasteiger partial charge in [-0.1, -0.05) is 12.2 Å². The number of esters is 2. The standard InChI is InChI=1S/C16H18O4/c1-19-15(17)13-11-9-6-10(8-5-3-4-7(8)9)12(11)14(13)16(18)20-2/h3-4,7-12H,5-6H2,1-2H3/t7?,8?,9-,10+,11?,12?/m1/s1. The molecule has 4 nitrogen and oxygen atoms in total. The minimum Gasteiger partial charge on any atom is -0.466 e. The van der Waals surface area contributed by atoms with Gasteiger partial charge in [-0.2, -0.15) is 0 Å². The van der Waals surface area contributed by atoms with Crippen LogP contribution in [0.4, 0.5) is 0 Å². The summed E-state index contributed by atoms with van der Waals surface area (Å²) in [5.41, 5.74) is 1.19. The van der Waals surface area contributed by atoms with E-state index >= 15 is 0 Å². The number of hydrogen-bond donors (Lipinski definition) is 0. The summed E-state index contributed by atoms with van der Waals surface area (Å²) in [7, 11) is 2.76. The lowest BCUT2D eigenvalue weighted by Crippen LogP contribution is -2.46. The van der Waals surface area contributed by atoms with E-state index in [-0.39, 0.29) is 23.8 Å². The zero-order valence-electron chi connectivity index (χ0n) is 11.7. The lowest BCUT2D eigenvalue weighted by Gasteiger charge is -2.46. The van der Waals surface area contributed by atoms with E-state index in [9.17, 15) is 9.59 Å². The van der Waals surface area contributed by atoms with E-state index in [2.05, 4.69) is 12.2 Å². The third-order valence-electron chi connectivity index (χ3n) is 5.93. The van der Waals surface area contributed by atoms with E-state index in [1.807, 2.05) is 0 Å². The number of fused-ring (bicyclic) bond motifs is 8. The SMILES string of the molecule is COC(=O)C1=C(C(=O)OC)C2C1[C@@H]1C[C@H]2C2CC=CC21. The van der Waals surface area contributed by atoms with Crippen molar-refractivity contribution in [3.63, 3.8) is 0 Å². The van der Waals surface area contributed by atoms with Gasteiger partial charge in [-0.25, -0.2) is 9.59 Å². The Bertz CT molecular complexity index is 559. The number of carbonyl (C=O) groups is 2. The Kier molecular flexibility index (Phi) is 2.41. The zero-order chi connectivity index (χ0) is 14.0. The van der Waals surface area contributed by atoms with Crippen LogP contribution in [0.25, 0.3) is 0 Å². The first kappa shape index (κ1) is 12.2. The largest absolute Gasteiger partial charge is 0.466 e. The van der Waals surface area contributed by atoms with Crippen LogP contribution in [0, 0.1) is 35.5 Å². The van der Waals surface area contributed by atoms with Gasteiger partial charge in [-0.15, -0.1) is 0 Å². The lowest BCUT2D eigenvalue weighted by atomic mass is 9.56. The van der Waals surface area contributed by atoms with Gasteiger partial charge < -0.3 is 9.47 Å². The van der Waals surface area contributed by atoms with Crippen LogP contribution < -0.4 is 0 Å². The van der Waals surface area contributed by atoms with Crippen LogP contribution in [-0.2, 0) is 19.1 Å². The maximum Gasteiger partial charge on any atom is 0.334 e. The van der Waals surface area contributed by atoms with Crippen molar-refractivity contribution in [2.45, 2.75) is 12.8 Å². The van der Waals surface area contributed by atoms with Crippen molar-refractivity contribution in [1.29, 1.82) is 0 Å². The maximum absolute atomic E-state index is 12.0. The Morgan fingerprint density at radius 3 is 2.20 bits per heavy atom. The highest BCUT2D eigenvalue weighted by molar-refractivity contribution is 6.04. The maximum atomic E-state index is 12.0. The highest BCUT2D eigenvalue weighted by Crippen LogP contribution is 2.69. The van der Waals surface area contributed by atoms with Gasteiger partial charge in [0.05, 0.1) is 25.4 Å². The van der Waals surface area contributed by atoms with Crippen LogP contribution in [0.2, 0.25) is 0 Å². The van der Waals surface area contributed by atoms with Crippen LogP contribution in [0.5, 0.6) is 0 Å². The fraction of sp³-hybridized carbons (Fsp3) is 0.625. The van der Waals surface area contributed by atoms with Crippen molar-refractivity contribution in [2.24, 2.45) is 35.5 Å². The number of ether oxygens (including phenoxy) is 2. The average molecular weight is 274 g/mol. The van der Waals surface area contributed by atoms with E-state index in [0.29, 0.717) is 34.8 Å². The van der Waals surface area contributed by atoms with Crippen molar-refractivity contribution in [3.05, 3.63) is 23.3 Å². The first-order valence-corrected chi connectivity index (χ1v) is 7.26. The van der Waals surface area contributed by atoms with Crippen molar-refractivity contribution < 1.29 is 19.1 Å². The monoisotopic (exact) mass is 274 g/mol. The highest BCUT2D eigenvalue weighted by Gasteiger charge is 2.66. The third-order valence-corrected chi connectivity index (χ3v) is 5.93. The molecule has 4 rings (SSSR count). The van der Waals surface area contributed by atoms with Gasteiger partial charge in [-0.05, 0) is 36.5 Å². The molecule has 0 spiro atoms. The Morgan fingerprint density at radius 2 is 1.60 bits per heavy atom. The number of hydrogen-bond acceptors (Lipinski definition) is 4. The molecule has 6 atom stereocenters. The smallest absolute Gasteiger partial charge is 0.334 e. The number of methoxy groups -OCH3 is 2. The van der Waals surface area contributed by atoms with Gasteiger partial charge in [0.15, 0.2) is 0 Å². The zero-order valence-corrected chi connectivity index (χ0v) is 11.7. The minimum absolute atomic E-state index is 0.213. The summed E-state index contributed by atoms with van der Waals surface area (Å²) in [5.74, 6) is 2.05. The fourth-order valence-corrected chi connectivity index (χ4v) is 5.35. The van der Waals surface area contributed by atoms with E-state index < -0.39 is 0 Å². The Hall–Kier alpha value is -1.58. The molecular weight excluding hydrogens is 256 g/mol. The van der Waals surface area contributed by atoms with Crippen LogP contribution in [0.1, 0.15) is 12.8 Å². The minimum atomic E-state index is -0.349. The highest BCUT2D eigenvalue weighted by atomic mass is 16.5. The molecule has 2 saturated carbocycles. The lowest BCUT2D eigenvalue weighted by molar-refractivity contribution is -0.143. The van der Waals surface area contributed by atoms with Gasteiger partial charge in [-0.3, -0.25) is 0 Å². The van der Waals surface area contributed by atoms with Gasteiger partial charge in [0.1, 0.15) is 0 Å². The van der Waals surface area contributed by atoms with Gasteiger partial charge in [0.2, 0.25) is 0 Å². The van der Waals surface area contributed by atoms with Crippen molar-refractivity contribution in [1.82, 2.24) is 0 Å². The molecule has 2 fully saturated rings. The topological polar surface area (TPSA) is 52.6 Å². The van der Waals surface area contributed by atoms with Crippen LogP contribution in [0.3, 0.4) is 0 Å². The van der Waals surface area contributed by atoms with Gasteiger partial charge in [0.25, 0.3) is 0 Å². The normalized spacial score (nSPS) is 43.1. The second-order valence-corrected chi connectivity index (χ2v) is 6.33. The molecule has 20 heavy (non-hydrogen) atoms. The molecular formula is C16H18O4. The van der Waals surface area contributed by atoms with Crippen molar-refractivity contribution in [3.8, 4) is 0 Å². The fourth-order valence-electron chi connectivity index (χ4n) is 5.35. The first-order valence-electron chi connectivity index (χ1n) is 7.26. The van der Waals surface area contributed by atoms with Crippen LogP contribution >= 0.6 is 0 Å². The van der Waals surface area contributed by atoms with E-state index in [1.54, 1.807) is 0 Å². The summed E-state index contributed by atoms with van der Waals surface area (Å²) in [6, 6.07) is 0. The molecule has 0 aromatic rings. The molecule has 0 aromatic carbocycles. The summed E-state index contributed by atoms with van der Waals surface area (Å²) >= 11 is 0. The Balaban J connectivity index is 1.76. The van der Waals surface area contributed by atoms with Gasteiger partial charge in [0, 0.05) is 11.8 Å². The molecule has 0 aliphatic heterocycles. The number of carbonyl (C=O) groups excluding carboxylic acids is 2. The van der Waals surface area contributed by atoms with Crippen LogP contribution in [-0.4, -0.2) is 26.2 Å². The first-order chi connectivity index (χ1) is 9.69. The molecule has 106 valence electrons. The Morgan fingerprint density at radius 1 is 1.00 bits per heavy atom. The van der Waals surface area contributed by atoms with Gasteiger partial charge >= 0.3 is 11.9 Å². The molecule has 0 N–H and O–H groups in total. The molecule has 4 unspecified atom stereocenters. The average Bonchev–Trinajstić information content (AvgIpc) is 3.08. The number of rotatable bonds is 2. The molecule has 0 aromatic heterocycles. The molecule has 4 aliphatic rings. The molecule has 0 saturated heterocycles. The summed E-state index contributed by atoms with van der Waals surface area (Å²) in [6.45, 7) is 0. The quantitative estimate of drug-likeness (QED) is 0.568. The van der Waals surface area contributed by atoms with Crippen molar-refractivity contribution >= 4 is 11.9 Å². The number of allylic oxidation sites excluding steroid dienone is 2. The summed E-state index contributed by atoms with van der Waals surface area (Å²) < 4.78 is 9.77. The summed E-state index contributed by atoms with van der Waals surface area (Å²) in [4.78, 5) is 24.1. The summed E-state index contributed by atoms with van der Waals surface area (Å²) in [6.07, 6.45) is 6.83. The molecule has 0 amide bonds. The molecule has 4 aliphatic carbocycles. The second-order valence-electron chi connectivity index (χ2n) is 6.33. The predicted molar refractivity (Wildman–Crippen MR) is 70.4 cm³/mol. The molecule has 0 heterocycles. The third kappa shape index (κ3) is 1.23. The summed E-state index contributed by atoms with van der Waals surface area (Å²) in [5, 5.41) is 0.